The second kappa shape index (κ2) is 9.22. The van der Waals surface area contributed by atoms with Crippen LogP contribution in [0.5, 0.6) is 0 Å². The molecule has 0 saturated carbocycles. The van der Waals surface area contributed by atoms with Crippen molar-refractivity contribution in [3.63, 3.8) is 0 Å². The largest absolute Gasteiger partial charge is 0.366 e. The zero-order valence-corrected chi connectivity index (χ0v) is 14.9. The van der Waals surface area contributed by atoms with Gasteiger partial charge in [-0.05, 0) is 24.6 Å². The van der Waals surface area contributed by atoms with E-state index in [4.69, 9.17) is 13.9 Å². The van der Waals surface area contributed by atoms with E-state index in [1.807, 2.05) is 0 Å². The summed E-state index contributed by atoms with van der Waals surface area (Å²) >= 11 is 0. The van der Waals surface area contributed by atoms with Crippen LogP contribution < -0.4 is 5.19 Å². The molecule has 0 atom stereocenters. The van der Waals surface area contributed by atoms with Gasteiger partial charge in [0.25, 0.3) is 16.2 Å². The highest BCUT2D eigenvalue weighted by atomic mass is 28.2. The SMILES string of the molecule is CCOC(OCC)O[Si]c1cccc(-c2c(F)c(F)c(F)c(F)c2F)c1. The van der Waals surface area contributed by atoms with Gasteiger partial charge in [-0.1, -0.05) is 24.3 Å². The Morgan fingerprint density at radius 3 is 1.92 bits per heavy atom. The molecule has 0 aromatic heterocycles. The van der Waals surface area contributed by atoms with Gasteiger partial charge >= 0.3 is 0 Å². The normalized spacial score (nSPS) is 11.4. The lowest BCUT2D eigenvalue weighted by Crippen LogP contribution is -2.28. The zero-order chi connectivity index (χ0) is 19.3. The highest BCUT2D eigenvalue weighted by Crippen LogP contribution is 2.30. The molecule has 0 aliphatic rings. The molecule has 0 aliphatic heterocycles. The van der Waals surface area contributed by atoms with Gasteiger partial charge in [-0.25, -0.2) is 22.0 Å². The predicted molar refractivity (Wildman–Crippen MR) is 85.2 cm³/mol. The van der Waals surface area contributed by atoms with Crippen LogP contribution in [-0.2, 0) is 13.9 Å². The Morgan fingerprint density at radius 1 is 0.846 bits per heavy atom. The van der Waals surface area contributed by atoms with Crippen LogP contribution in [0, 0.1) is 29.1 Å². The molecule has 2 rings (SSSR count). The van der Waals surface area contributed by atoms with E-state index in [0.717, 1.165) is 0 Å². The number of hydrogen-bond acceptors (Lipinski definition) is 3. The molecule has 0 saturated heterocycles. The van der Waals surface area contributed by atoms with Gasteiger partial charge in [0.15, 0.2) is 23.3 Å². The lowest BCUT2D eigenvalue weighted by Gasteiger charge is -2.17. The number of ether oxygens (including phenoxy) is 2. The van der Waals surface area contributed by atoms with E-state index < -0.39 is 41.1 Å². The Balaban J connectivity index is 2.30. The Hall–Kier alpha value is -1.81. The van der Waals surface area contributed by atoms with Crippen molar-refractivity contribution in [1.29, 1.82) is 0 Å². The van der Waals surface area contributed by atoms with E-state index in [-0.39, 0.29) is 15.3 Å². The van der Waals surface area contributed by atoms with Crippen molar-refractivity contribution >= 4 is 14.9 Å². The average molecular weight is 390 g/mol. The van der Waals surface area contributed by atoms with Crippen molar-refractivity contribution in [2.45, 2.75) is 20.3 Å². The second-order valence-corrected chi connectivity index (χ2v) is 5.96. The van der Waals surface area contributed by atoms with Gasteiger partial charge < -0.3 is 13.9 Å². The summed E-state index contributed by atoms with van der Waals surface area (Å²) < 4.78 is 83.7. The van der Waals surface area contributed by atoms with Gasteiger partial charge in [0.05, 0.1) is 5.56 Å². The van der Waals surface area contributed by atoms with Gasteiger partial charge in [-0.15, -0.1) is 0 Å². The maximum atomic E-state index is 13.9. The minimum absolute atomic E-state index is 0.157. The maximum absolute atomic E-state index is 13.9. The lowest BCUT2D eigenvalue weighted by atomic mass is 10.0. The van der Waals surface area contributed by atoms with E-state index in [1.165, 1.54) is 18.2 Å². The summed E-state index contributed by atoms with van der Waals surface area (Å²) in [5, 5.41) is 0.468. The zero-order valence-electron chi connectivity index (χ0n) is 13.9. The van der Waals surface area contributed by atoms with Crippen LogP contribution in [0.3, 0.4) is 0 Å². The van der Waals surface area contributed by atoms with Crippen molar-refractivity contribution < 1.29 is 35.9 Å². The number of benzene rings is 2. The number of rotatable bonds is 8. The molecule has 3 nitrogen and oxygen atoms in total. The van der Waals surface area contributed by atoms with E-state index in [2.05, 4.69) is 0 Å². The third kappa shape index (κ3) is 4.47. The topological polar surface area (TPSA) is 27.7 Å². The Morgan fingerprint density at radius 2 is 1.38 bits per heavy atom. The molecule has 140 valence electrons. The van der Waals surface area contributed by atoms with Crippen LogP contribution >= 0.6 is 0 Å². The van der Waals surface area contributed by atoms with Crippen LogP contribution in [0.4, 0.5) is 22.0 Å². The van der Waals surface area contributed by atoms with E-state index in [9.17, 15) is 22.0 Å². The molecule has 0 amide bonds. The van der Waals surface area contributed by atoms with Crippen LogP contribution in [0.1, 0.15) is 13.8 Å². The molecule has 0 spiro atoms. The standard InChI is InChI=1S/C17H15F5O3Si/c1-3-23-17(24-4-2)25-26-10-7-5-6-9(8-10)11-12(18)14(20)16(22)15(21)13(11)19/h5-8,17H,3-4H2,1-2H3. The molecule has 0 aliphatic carbocycles. The van der Waals surface area contributed by atoms with E-state index in [0.29, 0.717) is 18.4 Å². The fourth-order valence-electron chi connectivity index (χ4n) is 2.10. The third-order valence-electron chi connectivity index (χ3n) is 3.24. The van der Waals surface area contributed by atoms with E-state index >= 15 is 0 Å². The van der Waals surface area contributed by atoms with Crippen molar-refractivity contribution in [2.24, 2.45) is 0 Å². The summed E-state index contributed by atoms with van der Waals surface area (Å²) in [6.07, 6.45) is 0. The number of hydrogen-bond donors (Lipinski definition) is 0. The molecule has 0 heterocycles. The first-order valence-corrected chi connectivity index (χ1v) is 8.58. The first-order chi connectivity index (χ1) is 12.4. The van der Waals surface area contributed by atoms with Crippen molar-refractivity contribution in [2.75, 3.05) is 13.2 Å². The van der Waals surface area contributed by atoms with Crippen molar-refractivity contribution in [3.05, 3.63) is 53.4 Å². The Labute approximate surface area is 149 Å². The molecule has 0 N–H and O–H groups in total. The molecular formula is C17H15F5O3Si. The quantitative estimate of drug-likeness (QED) is 0.226. The summed E-state index contributed by atoms with van der Waals surface area (Å²) in [6, 6.07) is 5.54. The monoisotopic (exact) mass is 390 g/mol. The summed E-state index contributed by atoms with van der Waals surface area (Å²) in [4.78, 5) is 0. The highest BCUT2D eigenvalue weighted by molar-refractivity contribution is 6.47. The minimum Gasteiger partial charge on any atom is -0.366 e. The molecule has 9 heteroatoms. The smallest absolute Gasteiger partial charge is 0.275 e. The van der Waals surface area contributed by atoms with E-state index in [1.54, 1.807) is 19.9 Å². The highest BCUT2D eigenvalue weighted by Gasteiger charge is 2.26. The summed E-state index contributed by atoms with van der Waals surface area (Å²) in [5.74, 6) is -9.94. The van der Waals surface area contributed by atoms with Crippen molar-refractivity contribution in [1.82, 2.24) is 0 Å². The fourth-order valence-corrected chi connectivity index (χ4v) is 2.85. The Kier molecular flexibility index (Phi) is 7.27. The number of halogens is 5. The summed E-state index contributed by atoms with van der Waals surface area (Å²) in [6.45, 7) is 3.28. The molecule has 2 aromatic carbocycles. The fraction of sp³-hybridized carbons (Fsp3) is 0.294. The van der Waals surface area contributed by atoms with Crippen LogP contribution in [-0.4, -0.2) is 29.5 Å². The van der Waals surface area contributed by atoms with Crippen molar-refractivity contribution in [3.8, 4) is 11.1 Å². The van der Waals surface area contributed by atoms with Crippen LogP contribution in [0.15, 0.2) is 24.3 Å². The predicted octanol–water partition coefficient (Wildman–Crippen LogP) is 3.67. The Bertz CT molecular complexity index is 737. The van der Waals surface area contributed by atoms with Gasteiger partial charge in [-0.2, -0.15) is 0 Å². The average Bonchev–Trinajstić information content (AvgIpc) is 2.64. The third-order valence-corrected chi connectivity index (χ3v) is 4.10. The van der Waals surface area contributed by atoms with Crippen LogP contribution in [0.25, 0.3) is 11.1 Å². The van der Waals surface area contributed by atoms with Gasteiger partial charge in [0.2, 0.25) is 5.82 Å². The van der Waals surface area contributed by atoms with Gasteiger partial charge in [0, 0.05) is 13.2 Å². The first kappa shape index (κ1) is 20.5. The minimum atomic E-state index is -2.19. The molecule has 0 unspecified atom stereocenters. The maximum Gasteiger partial charge on any atom is 0.275 e. The summed E-state index contributed by atoms with van der Waals surface area (Å²) in [7, 11) is -0.325. The molecular weight excluding hydrogens is 375 g/mol. The second-order valence-electron chi connectivity index (χ2n) is 4.94. The molecule has 0 bridgehead atoms. The molecule has 2 aromatic rings. The lowest BCUT2D eigenvalue weighted by molar-refractivity contribution is -0.242. The summed E-state index contributed by atoms with van der Waals surface area (Å²) in [5.41, 5.74) is -1.14. The molecule has 26 heavy (non-hydrogen) atoms. The molecule has 2 radical (unpaired) electrons. The van der Waals surface area contributed by atoms with Gasteiger partial charge in [0.1, 0.15) is 0 Å². The van der Waals surface area contributed by atoms with Gasteiger partial charge in [-0.3, -0.25) is 0 Å². The molecule has 0 fully saturated rings. The first-order valence-electron chi connectivity index (χ1n) is 7.67. The van der Waals surface area contributed by atoms with Crippen LogP contribution in [0.2, 0.25) is 0 Å².